The summed E-state index contributed by atoms with van der Waals surface area (Å²) in [6.45, 7) is 6.80. The predicted octanol–water partition coefficient (Wildman–Crippen LogP) is 4.58. The lowest BCUT2D eigenvalue weighted by Crippen LogP contribution is -2.27. The highest BCUT2D eigenvalue weighted by Crippen LogP contribution is 2.31. The van der Waals surface area contributed by atoms with Crippen LogP contribution in [0.4, 0.5) is 20.7 Å². The first-order valence-corrected chi connectivity index (χ1v) is 7.64. The number of ether oxygens (including phenoxy) is 2. The van der Waals surface area contributed by atoms with Crippen molar-refractivity contribution in [1.29, 1.82) is 0 Å². The summed E-state index contributed by atoms with van der Waals surface area (Å²) in [6, 6.07) is 4.55. The number of anilines is 1. The van der Waals surface area contributed by atoms with Crippen LogP contribution in [0.3, 0.4) is 0 Å². The van der Waals surface area contributed by atoms with Crippen molar-refractivity contribution < 1.29 is 23.6 Å². The van der Waals surface area contributed by atoms with Gasteiger partial charge in [-0.2, -0.15) is 0 Å². The monoisotopic (exact) mass is 363 g/mol. The van der Waals surface area contributed by atoms with Crippen molar-refractivity contribution in [1.82, 2.24) is 4.98 Å². The molecule has 2 aromatic rings. The minimum absolute atomic E-state index is 0.187. The van der Waals surface area contributed by atoms with E-state index in [0.29, 0.717) is 5.56 Å². The first-order chi connectivity index (χ1) is 12.1. The van der Waals surface area contributed by atoms with E-state index in [1.54, 1.807) is 27.7 Å². The van der Waals surface area contributed by atoms with Gasteiger partial charge in [-0.25, -0.2) is 14.2 Å². The van der Waals surface area contributed by atoms with Gasteiger partial charge in [-0.1, -0.05) is 0 Å². The van der Waals surface area contributed by atoms with E-state index in [1.807, 2.05) is 0 Å². The van der Waals surface area contributed by atoms with Gasteiger partial charge in [0.15, 0.2) is 11.6 Å². The van der Waals surface area contributed by atoms with E-state index >= 15 is 0 Å². The Bertz CT molecular complexity index is 849. The molecule has 1 aromatic heterocycles. The summed E-state index contributed by atoms with van der Waals surface area (Å²) in [7, 11) is 0. The van der Waals surface area contributed by atoms with E-state index in [-0.39, 0.29) is 23.0 Å². The molecule has 2 rings (SSSR count). The van der Waals surface area contributed by atoms with E-state index in [2.05, 4.69) is 10.3 Å². The van der Waals surface area contributed by atoms with Crippen LogP contribution in [0, 0.1) is 22.9 Å². The highest BCUT2D eigenvalue weighted by molar-refractivity contribution is 5.85. The van der Waals surface area contributed by atoms with Gasteiger partial charge in [-0.05, 0) is 39.8 Å². The van der Waals surface area contributed by atoms with Gasteiger partial charge in [-0.3, -0.25) is 15.4 Å². The van der Waals surface area contributed by atoms with Gasteiger partial charge in [-0.15, -0.1) is 0 Å². The molecule has 0 spiro atoms. The average molecular weight is 363 g/mol. The molecule has 0 aliphatic heterocycles. The molecule has 0 aliphatic carbocycles. The first kappa shape index (κ1) is 19.1. The fourth-order valence-corrected chi connectivity index (χ4v) is 1.96. The molecule has 0 saturated carbocycles. The molecule has 138 valence electrons. The topological polar surface area (TPSA) is 104 Å². The highest BCUT2D eigenvalue weighted by Gasteiger charge is 2.19. The number of nitro benzene ring substituents is 1. The van der Waals surface area contributed by atoms with E-state index in [0.717, 1.165) is 18.2 Å². The van der Waals surface area contributed by atoms with Crippen LogP contribution in [-0.4, -0.2) is 21.6 Å². The molecule has 0 unspecified atom stereocenters. The summed E-state index contributed by atoms with van der Waals surface area (Å²) in [5.74, 6) is -0.636. The second kappa shape index (κ2) is 7.34. The number of carbonyl (C=O) groups is 1. The van der Waals surface area contributed by atoms with E-state index < -0.39 is 22.4 Å². The number of hydrogen-bond donors (Lipinski definition) is 1. The van der Waals surface area contributed by atoms with Crippen LogP contribution in [0.5, 0.6) is 11.5 Å². The summed E-state index contributed by atoms with van der Waals surface area (Å²) < 4.78 is 24.6. The number of amides is 1. The Morgan fingerprint density at radius 3 is 2.54 bits per heavy atom. The van der Waals surface area contributed by atoms with Crippen molar-refractivity contribution in [2.75, 3.05) is 5.32 Å². The second-order valence-electron chi connectivity index (χ2n) is 6.38. The van der Waals surface area contributed by atoms with Gasteiger partial charge in [0.25, 0.3) is 5.69 Å². The molecule has 1 aromatic carbocycles. The standard InChI is InChI=1S/C17H18FN3O5/c1-10-13(25-14-6-5-11(21(23)24)9-12(14)18)7-8-19-15(10)20-16(22)26-17(2,3)4/h5-9H,1-4H3,(H,19,20,22). The summed E-state index contributed by atoms with van der Waals surface area (Å²) in [5, 5.41) is 13.2. The van der Waals surface area contributed by atoms with Gasteiger partial charge < -0.3 is 9.47 Å². The van der Waals surface area contributed by atoms with Crippen molar-refractivity contribution in [3.05, 3.63) is 52.0 Å². The van der Waals surface area contributed by atoms with Crippen LogP contribution >= 0.6 is 0 Å². The van der Waals surface area contributed by atoms with Crippen LogP contribution in [-0.2, 0) is 4.74 Å². The second-order valence-corrected chi connectivity index (χ2v) is 6.38. The molecule has 1 heterocycles. The van der Waals surface area contributed by atoms with Crippen LogP contribution < -0.4 is 10.1 Å². The zero-order chi connectivity index (χ0) is 19.5. The number of aromatic nitrogens is 1. The molecular formula is C17H18FN3O5. The first-order valence-electron chi connectivity index (χ1n) is 7.64. The molecule has 0 atom stereocenters. The Morgan fingerprint density at radius 2 is 1.96 bits per heavy atom. The van der Waals surface area contributed by atoms with E-state index in [9.17, 15) is 19.3 Å². The van der Waals surface area contributed by atoms with Crippen molar-refractivity contribution in [2.24, 2.45) is 0 Å². The van der Waals surface area contributed by atoms with Gasteiger partial charge in [0, 0.05) is 17.8 Å². The molecule has 0 radical (unpaired) electrons. The van der Waals surface area contributed by atoms with Gasteiger partial charge >= 0.3 is 6.09 Å². The molecule has 9 heteroatoms. The Labute approximate surface area is 149 Å². The minimum atomic E-state index is -0.878. The van der Waals surface area contributed by atoms with Gasteiger partial charge in [0.2, 0.25) is 0 Å². The van der Waals surface area contributed by atoms with E-state index in [4.69, 9.17) is 9.47 Å². The molecule has 0 saturated heterocycles. The quantitative estimate of drug-likeness (QED) is 0.630. The van der Waals surface area contributed by atoms with Crippen LogP contribution in [0.15, 0.2) is 30.5 Å². The number of nitrogens with one attached hydrogen (secondary N) is 1. The fourth-order valence-electron chi connectivity index (χ4n) is 1.96. The maximum atomic E-state index is 14.0. The molecule has 1 N–H and O–H groups in total. The minimum Gasteiger partial charge on any atom is -0.454 e. The number of nitrogens with zero attached hydrogens (tertiary/aromatic N) is 2. The van der Waals surface area contributed by atoms with Crippen molar-refractivity contribution >= 4 is 17.6 Å². The average Bonchev–Trinajstić information content (AvgIpc) is 2.51. The molecule has 26 heavy (non-hydrogen) atoms. The number of non-ortho nitro benzene ring substituents is 1. The number of pyridine rings is 1. The third-order valence-corrected chi connectivity index (χ3v) is 3.12. The van der Waals surface area contributed by atoms with Gasteiger partial charge in [0.05, 0.1) is 11.0 Å². The molecule has 0 fully saturated rings. The maximum Gasteiger partial charge on any atom is 0.413 e. The van der Waals surface area contributed by atoms with E-state index in [1.165, 1.54) is 12.3 Å². The SMILES string of the molecule is Cc1c(Oc2ccc([N+](=O)[O-])cc2F)ccnc1NC(=O)OC(C)(C)C. The third kappa shape index (κ3) is 4.88. The summed E-state index contributed by atoms with van der Waals surface area (Å²) in [4.78, 5) is 25.9. The Morgan fingerprint density at radius 1 is 1.27 bits per heavy atom. The number of rotatable bonds is 4. The van der Waals surface area contributed by atoms with Crippen LogP contribution in [0.2, 0.25) is 0 Å². The maximum absolute atomic E-state index is 14.0. The molecule has 8 nitrogen and oxygen atoms in total. The lowest BCUT2D eigenvalue weighted by Gasteiger charge is -2.20. The van der Waals surface area contributed by atoms with Crippen molar-refractivity contribution in [3.8, 4) is 11.5 Å². The number of hydrogen-bond acceptors (Lipinski definition) is 6. The number of carbonyl (C=O) groups excluding carboxylic acids is 1. The Balaban J connectivity index is 2.21. The normalized spacial score (nSPS) is 11.0. The highest BCUT2D eigenvalue weighted by atomic mass is 19.1. The van der Waals surface area contributed by atoms with Crippen LogP contribution in [0.25, 0.3) is 0 Å². The summed E-state index contributed by atoms with van der Waals surface area (Å²) in [6.07, 6.45) is 0.685. The van der Waals surface area contributed by atoms with Gasteiger partial charge in [0.1, 0.15) is 17.2 Å². The largest absolute Gasteiger partial charge is 0.454 e. The number of halogens is 1. The predicted molar refractivity (Wildman–Crippen MR) is 92.0 cm³/mol. The summed E-state index contributed by atoms with van der Waals surface area (Å²) in [5.41, 5.74) is -0.613. The zero-order valence-electron chi connectivity index (χ0n) is 14.7. The molecule has 0 bridgehead atoms. The molecular weight excluding hydrogens is 345 g/mol. The third-order valence-electron chi connectivity index (χ3n) is 3.12. The Kier molecular flexibility index (Phi) is 5.39. The number of benzene rings is 1. The lowest BCUT2D eigenvalue weighted by atomic mass is 10.2. The molecule has 1 amide bonds. The van der Waals surface area contributed by atoms with Crippen molar-refractivity contribution in [2.45, 2.75) is 33.3 Å². The Hall–Kier alpha value is -3.23. The van der Waals surface area contributed by atoms with Crippen molar-refractivity contribution in [3.63, 3.8) is 0 Å². The molecule has 0 aliphatic rings. The fraction of sp³-hybridized carbons (Fsp3) is 0.294. The lowest BCUT2D eigenvalue weighted by molar-refractivity contribution is -0.385. The zero-order valence-corrected chi connectivity index (χ0v) is 14.7. The smallest absolute Gasteiger partial charge is 0.413 e. The summed E-state index contributed by atoms with van der Waals surface area (Å²) >= 11 is 0. The van der Waals surface area contributed by atoms with Crippen LogP contribution in [0.1, 0.15) is 26.3 Å². The number of nitro groups is 1.